The first kappa shape index (κ1) is 22.1. The summed E-state index contributed by atoms with van der Waals surface area (Å²) in [6.45, 7) is 0. The molecular weight excluding hydrogens is 141 g/mol. The first-order chi connectivity index (χ1) is 1.00. The van der Waals surface area contributed by atoms with Crippen LogP contribution in [0.15, 0.2) is 0 Å². The second-order valence-electron chi connectivity index (χ2n) is 0. The zero-order valence-corrected chi connectivity index (χ0v) is 4.21. The molecule has 0 radical (unpaired) electrons. The summed E-state index contributed by atoms with van der Waals surface area (Å²) in [6, 6.07) is 0. The number of hydrogen-bond donors (Lipinski definition) is 0. The molecule has 0 fully saturated rings. The van der Waals surface area contributed by atoms with Gasteiger partial charge in [0.1, 0.15) is 0 Å². The summed E-state index contributed by atoms with van der Waals surface area (Å²) in [4.78, 5) is 0. The van der Waals surface area contributed by atoms with Gasteiger partial charge in [0.25, 0.3) is 0 Å². The molecule has 0 heterocycles. The van der Waals surface area contributed by atoms with Crippen molar-refractivity contribution in [3.8, 4) is 0 Å². The molecule has 1 nitrogen and oxygen atoms in total. The van der Waals surface area contributed by atoms with Gasteiger partial charge in [0.05, 0.1) is 0 Å². The standard InChI is InChI=1S/CH3.Fe.N.Ni/h1H3;;;/q-1;;;. The van der Waals surface area contributed by atoms with Crippen LogP contribution >= 0.6 is 0 Å². The van der Waals surface area contributed by atoms with Crippen LogP contribution in [0.1, 0.15) is 0 Å². The Kier molecular flexibility index (Phi) is 291. The predicted octanol–water partition coefficient (Wildman–Crippen LogP) is 0.460. The third kappa shape index (κ3) is 15.5. The molecule has 0 rings (SSSR count). The van der Waals surface area contributed by atoms with Gasteiger partial charge in [-0.25, -0.2) is 0 Å². The maximum atomic E-state index is 6.62. The molecule has 0 aliphatic heterocycles. The van der Waals surface area contributed by atoms with Gasteiger partial charge >= 0.3 is 19.4 Å². The summed E-state index contributed by atoms with van der Waals surface area (Å²) in [6.07, 6.45) is 0. The molecule has 0 saturated carbocycles. The molecule has 0 amide bonds. The van der Waals surface area contributed by atoms with E-state index in [1.54, 1.807) is 0 Å². The summed E-state index contributed by atoms with van der Waals surface area (Å²) in [5.74, 6) is 0. The third-order valence-electron chi connectivity index (χ3n) is 0. The summed E-state index contributed by atoms with van der Waals surface area (Å²) in [7, 11) is 0. The molecule has 0 bridgehead atoms. The van der Waals surface area contributed by atoms with E-state index in [2.05, 4.69) is 15.1 Å². The molecule has 3 heteroatoms. The van der Waals surface area contributed by atoms with Gasteiger partial charge in [0.15, 0.2) is 0 Å². The Hall–Kier alpha value is 0.723. The van der Waals surface area contributed by atoms with Gasteiger partial charge < -0.3 is 7.43 Å². The molecule has 31 valence electrons. The molecule has 0 N–H and O–H groups in total. The van der Waals surface area contributed by atoms with Crippen LogP contribution in [-0.2, 0) is 32.2 Å². The van der Waals surface area contributed by atoms with Crippen LogP contribution in [0.3, 0.4) is 0 Å². The van der Waals surface area contributed by atoms with Crippen molar-refractivity contribution in [1.82, 2.24) is 0 Å². The van der Waals surface area contributed by atoms with E-state index in [-0.39, 0.29) is 24.5 Å². The number of rotatable bonds is 0. The molecule has 0 aromatic carbocycles. The van der Waals surface area contributed by atoms with Gasteiger partial charge in [-0.3, -0.25) is 0 Å². The quantitative estimate of drug-likeness (QED) is 0.357. The number of nitrogens with zero attached hydrogens (tertiary/aromatic N) is 1. The van der Waals surface area contributed by atoms with Crippen molar-refractivity contribution < 1.29 is 32.2 Å². The fourth-order valence-electron chi connectivity index (χ4n) is 0. The van der Waals surface area contributed by atoms with E-state index < -0.39 is 0 Å². The number of hydrogen-bond acceptors (Lipinski definition) is 1. The Balaban J connectivity index is -0.00000000500. The van der Waals surface area contributed by atoms with Crippen LogP contribution in [-0.4, -0.2) is 0 Å². The molecule has 0 atom stereocenters. The minimum atomic E-state index is 0. The topological polar surface area (TPSA) is 23.8 Å². The minimum absolute atomic E-state index is 0. The van der Waals surface area contributed by atoms with Crippen molar-refractivity contribution in [3.05, 3.63) is 7.43 Å². The van der Waals surface area contributed by atoms with Crippen LogP contribution in [0.25, 0.3) is 0 Å². The normalized spacial score (nSPS) is 1.00. The molecule has 0 aromatic heterocycles. The summed E-state index contributed by atoms with van der Waals surface area (Å²) < 4.78 is 6.62. The summed E-state index contributed by atoms with van der Waals surface area (Å²) in [5, 5.41) is 0. The molecule has 0 aliphatic rings. The van der Waals surface area contributed by atoms with Gasteiger partial charge in [0.2, 0.25) is 0 Å². The fourth-order valence-corrected chi connectivity index (χ4v) is 0. The van der Waals surface area contributed by atoms with Gasteiger partial charge in [0, 0.05) is 17.1 Å². The van der Waals surface area contributed by atoms with Crippen LogP contribution < -0.4 is 0 Å². The van der Waals surface area contributed by atoms with E-state index in [4.69, 9.17) is 4.27 Å². The molecule has 0 unspecified atom stereocenters. The second kappa shape index (κ2) is 52.8. The zero-order valence-electron chi connectivity index (χ0n) is 2.12. The Morgan fingerprint density at radius 1 is 1.25 bits per heavy atom. The van der Waals surface area contributed by atoms with Crippen molar-refractivity contribution in [1.29, 1.82) is 4.27 Å². The zero-order chi connectivity index (χ0) is 2.00. The van der Waals surface area contributed by atoms with Crippen LogP contribution in [0.5, 0.6) is 0 Å². The molecular formula is CH3FeNNi-. The maximum absolute atomic E-state index is 6.62. The van der Waals surface area contributed by atoms with E-state index in [9.17, 15) is 0 Å². The van der Waals surface area contributed by atoms with Gasteiger partial charge in [-0.1, -0.05) is 0 Å². The average Bonchev–Trinajstić information content (AvgIpc) is 1.00. The Morgan fingerprint density at radius 3 is 1.25 bits per heavy atom. The second-order valence-corrected chi connectivity index (χ2v) is 0. The van der Waals surface area contributed by atoms with Gasteiger partial charge in [-0.2, -0.15) is 0 Å². The third-order valence-corrected chi connectivity index (χ3v) is 0. The van der Waals surface area contributed by atoms with Crippen molar-refractivity contribution in [2.45, 2.75) is 0 Å². The van der Waals surface area contributed by atoms with E-state index in [0.717, 1.165) is 0 Å². The fraction of sp³-hybridized carbons (Fsp3) is 0. The van der Waals surface area contributed by atoms with Gasteiger partial charge in [-0.05, 0) is 0 Å². The SMILES string of the molecule is [CH3-].[Fe].[N]#[Ni]. The van der Waals surface area contributed by atoms with Crippen LogP contribution in [0.2, 0.25) is 0 Å². The predicted molar refractivity (Wildman–Crippen MR) is 8.14 cm³/mol. The monoisotopic (exact) mass is 143 g/mol. The van der Waals surface area contributed by atoms with Crippen molar-refractivity contribution in [2.75, 3.05) is 0 Å². The van der Waals surface area contributed by atoms with E-state index in [1.807, 2.05) is 0 Å². The average molecular weight is 144 g/mol. The molecule has 0 aliphatic carbocycles. The molecule has 0 aromatic rings. The van der Waals surface area contributed by atoms with Crippen LogP contribution in [0.4, 0.5) is 0 Å². The Labute approximate surface area is 44.2 Å². The molecule has 0 saturated heterocycles. The van der Waals surface area contributed by atoms with E-state index in [0.29, 0.717) is 0 Å². The molecule has 0 spiro atoms. The van der Waals surface area contributed by atoms with Gasteiger partial charge in [-0.15, -0.1) is 0 Å². The van der Waals surface area contributed by atoms with Crippen molar-refractivity contribution in [2.24, 2.45) is 0 Å². The summed E-state index contributed by atoms with van der Waals surface area (Å²) in [5.41, 5.74) is 0. The Bertz CT molecular complexity index is 12.8. The van der Waals surface area contributed by atoms with Crippen LogP contribution in [0, 0.1) is 11.7 Å². The Morgan fingerprint density at radius 2 is 1.25 bits per heavy atom. The first-order valence-corrected chi connectivity index (χ1v) is 0.583. The van der Waals surface area contributed by atoms with E-state index in [1.165, 1.54) is 0 Å². The van der Waals surface area contributed by atoms with Crippen molar-refractivity contribution in [3.63, 3.8) is 0 Å². The van der Waals surface area contributed by atoms with E-state index >= 15 is 0 Å². The summed E-state index contributed by atoms with van der Waals surface area (Å²) >= 11 is 2.88. The first-order valence-electron chi connectivity index (χ1n) is 0.141. The van der Waals surface area contributed by atoms with Crippen molar-refractivity contribution >= 4 is 0 Å². The molecule has 4 heavy (non-hydrogen) atoms.